The van der Waals surface area contributed by atoms with Crippen LogP contribution in [0.15, 0.2) is 65.0 Å². The van der Waals surface area contributed by atoms with Crippen LogP contribution in [0.2, 0.25) is 0 Å². The number of piperidine rings is 1. The van der Waals surface area contributed by atoms with E-state index in [2.05, 4.69) is 62.3 Å². The van der Waals surface area contributed by atoms with E-state index in [4.69, 9.17) is 9.15 Å². The van der Waals surface area contributed by atoms with Crippen molar-refractivity contribution in [1.82, 2.24) is 24.9 Å². The molecule has 0 saturated carbocycles. The van der Waals surface area contributed by atoms with E-state index in [1.54, 1.807) is 7.11 Å². The predicted octanol–water partition coefficient (Wildman–Crippen LogP) is 4.58. The van der Waals surface area contributed by atoms with E-state index in [0.717, 1.165) is 79.0 Å². The second kappa shape index (κ2) is 9.22. The van der Waals surface area contributed by atoms with Crippen LogP contribution in [0.3, 0.4) is 0 Å². The van der Waals surface area contributed by atoms with Crippen molar-refractivity contribution in [1.29, 1.82) is 0 Å². The van der Waals surface area contributed by atoms with Crippen molar-refractivity contribution < 1.29 is 9.15 Å². The fraction of sp³-hybridized carbons (Fsp3) is 0.370. The van der Waals surface area contributed by atoms with Gasteiger partial charge >= 0.3 is 0 Å². The smallest absolute Gasteiger partial charge is 0.298 e. The van der Waals surface area contributed by atoms with Gasteiger partial charge in [-0.3, -0.25) is 4.68 Å². The molecule has 2 aromatic carbocycles. The standard InChI is InChI=1S/C27H31N7O2/c1-19-15-33(18-31(19)2)24-9-8-21(14-26(24)35-3)23-17-34(30-29-23)16-20-10-12-32(13-11-20)27-28-22-6-4-5-7-25(22)36-27/h4-9,14-15,17,20H,10-13,16,18H2,1-3H3. The number of nitrogens with zero attached hydrogens (tertiary/aromatic N) is 7. The maximum atomic E-state index is 5.95. The quantitative estimate of drug-likeness (QED) is 0.393. The molecule has 36 heavy (non-hydrogen) atoms. The van der Waals surface area contributed by atoms with E-state index in [1.165, 1.54) is 5.70 Å². The average Bonchev–Trinajstić information content (AvgIpc) is 3.63. The lowest BCUT2D eigenvalue weighted by Crippen LogP contribution is -2.35. The Bertz CT molecular complexity index is 1370. The fourth-order valence-electron chi connectivity index (χ4n) is 5.01. The van der Waals surface area contributed by atoms with Gasteiger partial charge in [0.15, 0.2) is 5.58 Å². The van der Waals surface area contributed by atoms with Crippen molar-refractivity contribution in [3.05, 3.63) is 60.6 Å². The molecule has 2 aliphatic rings. The highest BCUT2D eigenvalue weighted by Crippen LogP contribution is 2.35. The van der Waals surface area contributed by atoms with Gasteiger partial charge in [-0.05, 0) is 49.9 Å². The summed E-state index contributed by atoms with van der Waals surface area (Å²) in [6, 6.07) is 14.9. The van der Waals surface area contributed by atoms with Crippen LogP contribution in [0.1, 0.15) is 19.8 Å². The average molecular weight is 486 g/mol. The van der Waals surface area contributed by atoms with Gasteiger partial charge in [-0.1, -0.05) is 23.4 Å². The summed E-state index contributed by atoms with van der Waals surface area (Å²) in [6.07, 6.45) is 6.31. The van der Waals surface area contributed by atoms with Crippen molar-refractivity contribution in [3.8, 4) is 17.0 Å². The van der Waals surface area contributed by atoms with Gasteiger partial charge in [0.1, 0.15) is 17.0 Å². The first-order valence-electron chi connectivity index (χ1n) is 12.4. The molecule has 9 heteroatoms. The molecule has 0 bridgehead atoms. The largest absolute Gasteiger partial charge is 0.495 e. The number of anilines is 2. The number of benzene rings is 2. The highest BCUT2D eigenvalue weighted by molar-refractivity contribution is 5.74. The van der Waals surface area contributed by atoms with Gasteiger partial charge in [0.05, 0.1) is 25.7 Å². The van der Waals surface area contributed by atoms with Gasteiger partial charge in [-0.2, -0.15) is 4.98 Å². The molecular weight excluding hydrogens is 454 g/mol. The Morgan fingerprint density at radius 3 is 2.69 bits per heavy atom. The van der Waals surface area contributed by atoms with E-state index in [-0.39, 0.29) is 0 Å². The van der Waals surface area contributed by atoms with Crippen molar-refractivity contribution in [2.45, 2.75) is 26.3 Å². The summed E-state index contributed by atoms with van der Waals surface area (Å²) in [5, 5.41) is 8.88. The number of methoxy groups -OCH3 is 1. The van der Waals surface area contributed by atoms with Crippen LogP contribution in [0.25, 0.3) is 22.4 Å². The summed E-state index contributed by atoms with van der Waals surface area (Å²) >= 11 is 0. The third-order valence-electron chi connectivity index (χ3n) is 7.25. The van der Waals surface area contributed by atoms with Crippen LogP contribution >= 0.6 is 0 Å². The Morgan fingerprint density at radius 1 is 1.11 bits per heavy atom. The van der Waals surface area contributed by atoms with Crippen LogP contribution in [0.4, 0.5) is 11.7 Å². The monoisotopic (exact) mass is 485 g/mol. The molecule has 1 saturated heterocycles. The van der Waals surface area contributed by atoms with Crippen molar-refractivity contribution in [3.63, 3.8) is 0 Å². The maximum absolute atomic E-state index is 5.95. The van der Waals surface area contributed by atoms with E-state index < -0.39 is 0 Å². The molecule has 0 radical (unpaired) electrons. The number of aromatic nitrogens is 4. The van der Waals surface area contributed by atoms with Gasteiger partial charge < -0.3 is 23.9 Å². The first kappa shape index (κ1) is 22.5. The molecular formula is C27H31N7O2. The second-order valence-electron chi connectivity index (χ2n) is 9.69. The van der Waals surface area contributed by atoms with Gasteiger partial charge in [0, 0.05) is 44.1 Å². The predicted molar refractivity (Wildman–Crippen MR) is 140 cm³/mol. The lowest BCUT2D eigenvalue weighted by atomic mass is 9.97. The minimum atomic E-state index is 0.541. The van der Waals surface area contributed by atoms with Crippen molar-refractivity contribution in [2.75, 3.05) is 43.7 Å². The summed E-state index contributed by atoms with van der Waals surface area (Å²) in [5.74, 6) is 1.37. The molecule has 0 aliphatic carbocycles. The first-order valence-corrected chi connectivity index (χ1v) is 12.4. The molecule has 4 aromatic rings. The highest BCUT2D eigenvalue weighted by Gasteiger charge is 2.24. The Kier molecular flexibility index (Phi) is 5.75. The van der Waals surface area contributed by atoms with Crippen LogP contribution in [0.5, 0.6) is 5.75 Å². The number of fused-ring (bicyclic) bond motifs is 1. The Balaban J connectivity index is 1.10. The summed E-state index contributed by atoms with van der Waals surface area (Å²) in [7, 11) is 3.80. The molecule has 9 nitrogen and oxygen atoms in total. The van der Waals surface area contributed by atoms with Crippen LogP contribution in [-0.4, -0.2) is 58.8 Å². The van der Waals surface area contributed by atoms with Crippen LogP contribution in [0, 0.1) is 5.92 Å². The third-order valence-corrected chi connectivity index (χ3v) is 7.25. The zero-order valence-corrected chi connectivity index (χ0v) is 21.0. The molecule has 6 rings (SSSR count). The number of hydrogen-bond donors (Lipinski definition) is 0. The number of allylic oxidation sites excluding steroid dienone is 1. The van der Waals surface area contributed by atoms with Crippen LogP contribution in [-0.2, 0) is 6.54 Å². The van der Waals surface area contributed by atoms with E-state index in [0.29, 0.717) is 5.92 Å². The summed E-state index contributed by atoms with van der Waals surface area (Å²) in [5.41, 5.74) is 5.88. The Hall–Kier alpha value is -4.01. The summed E-state index contributed by atoms with van der Waals surface area (Å²) < 4.78 is 13.6. The lowest BCUT2D eigenvalue weighted by molar-refractivity contribution is 0.331. The van der Waals surface area contributed by atoms with E-state index in [9.17, 15) is 0 Å². The number of hydrogen-bond acceptors (Lipinski definition) is 8. The molecule has 1 fully saturated rings. The molecule has 0 amide bonds. The molecule has 2 aliphatic heterocycles. The molecule has 0 atom stereocenters. The Labute approximate surface area is 210 Å². The first-order chi connectivity index (χ1) is 17.6. The highest BCUT2D eigenvalue weighted by atomic mass is 16.5. The topological polar surface area (TPSA) is 75.7 Å². The van der Waals surface area contributed by atoms with Crippen molar-refractivity contribution >= 4 is 22.8 Å². The molecule has 0 spiro atoms. The van der Waals surface area contributed by atoms with Crippen LogP contribution < -0.4 is 14.5 Å². The number of rotatable bonds is 6. The zero-order chi connectivity index (χ0) is 24.6. The minimum Gasteiger partial charge on any atom is -0.495 e. The molecule has 0 unspecified atom stereocenters. The Morgan fingerprint density at radius 2 is 1.94 bits per heavy atom. The molecule has 186 valence electrons. The molecule has 0 N–H and O–H groups in total. The SMILES string of the molecule is COc1cc(-c2cn(CC3CCN(c4nc5ccccc5o4)CC3)nn2)ccc1N1C=C(C)N(C)C1. The number of para-hydroxylation sites is 2. The summed E-state index contributed by atoms with van der Waals surface area (Å²) in [6.45, 7) is 5.63. The second-order valence-corrected chi connectivity index (χ2v) is 9.69. The number of ether oxygens (including phenoxy) is 1. The summed E-state index contributed by atoms with van der Waals surface area (Å²) in [4.78, 5) is 11.3. The molecule has 4 heterocycles. The van der Waals surface area contributed by atoms with Gasteiger partial charge in [-0.25, -0.2) is 0 Å². The third kappa shape index (κ3) is 4.25. The van der Waals surface area contributed by atoms with Gasteiger partial charge in [-0.15, -0.1) is 5.10 Å². The molecule has 2 aromatic heterocycles. The van der Waals surface area contributed by atoms with E-state index in [1.807, 2.05) is 41.2 Å². The van der Waals surface area contributed by atoms with E-state index >= 15 is 0 Å². The van der Waals surface area contributed by atoms with Gasteiger partial charge in [0.25, 0.3) is 6.01 Å². The van der Waals surface area contributed by atoms with Gasteiger partial charge in [0.2, 0.25) is 0 Å². The lowest BCUT2D eigenvalue weighted by Gasteiger charge is -2.30. The fourth-order valence-corrected chi connectivity index (χ4v) is 5.01. The normalized spacial score (nSPS) is 16.8. The zero-order valence-electron chi connectivity index (χ0n) is 21.0. The maximum Gasteiger partial charge on any atom is 0.298 e. The minimum absolute atomic E-state index is 0.541. The number of oxazole rings is 1. The van der Waals surface area contributed by atoms with Crippen molar-refractivity contribution in [2.24, 2.45) is 5.92 Å².